The van der Waals surface area contributed by atoms with Gasteiger partial charge >= 0.3 is 11.9 Å². The third kappa shape index (κ3) is 29.0. The number of aliphatic carboxylic acids is 2. The molecule has 0 spiro atoms. The maximum atomic E-state index is 11.6. The molecule has 4 heteroatoms. The van der Waals surface area contributed by atoms with Crippen LogP contribution in [-0.2, 0) is 9.59 Å². The molecule has 0 rings (SSSR count). The first-order valence-corrected chi connectivity index (χ1v) is 16.3. The van der Waals surface area contributed by atoms with Crippen LogP contribution in [0.2, 0.25) is 0 Å². The molecule has 0 heterocycles. The molecule has 0 saturated heterocycles. The summed E-state index contributed by atoms with van der Waals surface area (Å²) < 4.78 is 0. The van der Waals surface area contributed by atoms with Gasteiger partial charge < -0.3 is 10.2 Å². The van der Waals surface area contributed by atoms with Crippen molar-refractivity contribution in [3.05, 3.63) is 24.3 Å². The zero-order valence-corrected chi connectivity index (χ0v) is 25.0. The van der Waals surface area contributed by atoms with E-state index in [9.17, 15) is 14.7 Å². The molecule has 0 bridgehead atoms. The molecule has 0 amide bonds. The number of hydrogen-bond acceptors (Lipinski definition) is 2. The zero-order chi connectivity index (χ0) is 27.9. The van der Waals surface area contributed by atoms with Crippen LogP contribution < -0.4 is 0 Å². The minimum atomic E-state index is -0.677. The highest BCUT2D eigenvalue weighted by atomic mass is 16.4. The minimum Gasteiger partial charge on any atom is -0.481 e. The molecule has 2 N–H and O–H groups in total. The Morgan fingerprint density at radius 1 is 0.526 bits per heavy atom. The molecule has 222 valence electrons. The standard InChI is InChI=1S/C34H62O4/c1-2-3-4-5-6-7-8-9-11-14-17-20-23-26-29-32(34(37)38)30-27-24-21-18-15-12-10-13-16-19-22-25-28-31-33(35)36/h6-7,9,11,32H,2-5,8,10,12-31H2,1H3,(H,35,36)(H,37,38). The van der Waals surface area contributed by atoms with Crippen LogP contribution in [0.4, 0.5) is 0 Å². The summed E-state index contributed by atoms with van der Waals surface area (Å²) >= 11 is 0. The van der Waals surface area contributed by atoms with E-state index in [2.05, 4.69) is 31.2 Å². The Morgan fingerprint density at radius 3 is 1.34 bits per heavy atom. The van der Waals surface area contributed by atoms with Crippen LogP contribution in [0.1, 0.15) is 174 Å². The highest BCUT2D eigenvalue weighted by molar-refractivity contribution is 5.69. The average Bonchev–Trinajstić information content (AvgIpc) is 2.89. The lowest BCUT2D eigenvalue weighted by atomic mass is 9.94. The lowest BCUT2D eigenvalue weighted by Crippen LogP contribution is -2.13. The van der Waals surface area contributed by atoms with Crippen LogP contribution in [0.3, 0.4) is 0 Å². The molecule has 0 saturated carbocycles. The maximum absolute atomic E-state index is 11.6. The molecule has 0 aliphatic heterocycles. The monoisotopic (exact) mass is 534 g/mol. The van der Waals surface area contributed by atoms with E-state index in [0.29, 0.717) is 6.42 Å². The Balaban J connectivity index is 3.49. The Morgan fingerprint density at radius 2 is 0.921 bits per heavy atom. The summed E-state index contributed by atoms with van der Waals surface area (Å²) in [7, 11) is 0. The van der Waals surface area contributed by atoms with E-state index in [4.69, 9.17) is 5.11 Å². The van der Waals surface area contributed by atoms with Gasteiger partial charge in [-0.25, -0.2) is 0 Å². The van der Waals surface area contributed by atoms with Crippen LogP contribution in [0, 0.1) is 5.92 Å². The molecule has 0 radical (unpaired) electrons. The quantitative estimate of drug-likeness (QED) is 0.0709. The predicted octanol–water partition coefficient (Wildman–Crippen LogP) is 11.0. The van der Waals surface area contributed by atoms with Gasteiger partial charge in [-0.3, -0.25) is 9.59 Å². The van der Waals surface area contributed by atoms with E-state index in [0.717, 1.165) is 57.8 Å². The molecule has 0 aromatic carbocycles. The molecule has 1 atom stereocenters. The Labute approximate surface area is 235 Å². The van der Waals surface area contributed by atoms with Gasteiger partial charge in [0.2, 0.25) is 0 Å². The highest BCUT2D eigenvalue weighted by Gasteiger charge is 2.16. The minimum absolute atomic E-state index is 0.150. The van der Waals surface area contributed by atoms with Gasteiger partial charge in [0.05, 0.1) is 5.92 Å². The van der Waals surface area contributed by atoms with Crippen molar-refractivity contribution in [3.8, 4) is 0 Å². The van der Waals surface area contributed by atoms with Crippen LogP contribution in [0.25, 0.3) is 0 Å². The number of allylic oxidation sites excluding steroid dienone is 4. The van der Waals surface area contributed by atoms with Crippen LogP contribution in [0.5, 0.6) is 0 Å². The van der Waals surface area contributed by atoms with Crippen molar-refractivity contribution >= 4 is 11.9 Å². The van der Waals surface area contributed by atoms with Crippen LogP contribution >= 0.6 is 0 Å². The Hall–Kier alpha value is -1.58. The molecule has 1 unspecified atom stereocenters. The topological polar surface area (TPSA) is 74.6 Å². The van der Waals surface area contributed by atoms with Gasteiger partial charge in [0, 0.05) is 6.42 Å². The van der Waals surface area contributed by atoms with E-state index in [1.54, 1.807) is 0 Å². The molecule has 0 aliphatic carbocycles. The summed E-state index contributed by atoms with van der Waals surface area (Å²) in [4.78, 5) is 22.1. The SMILES string of the molecule is CCCCCC=CCC=CCCCCCCC(CCCCCCCCCCCCCCCC(=O)O)C(=O)O. The number of carboxylic acid groups (broad SMARTS) is 2. The second kappa shape index (κ2) is 30.0. The van der Waals surface area contributed by atoms with Crippen molar-refractivity contribution in [1.82, 2.24) is 0 Å². The van der Waals surface area contributed by atoms with Gasteiger partial charge in [0.25, 0.3) is 0 Å². The van der Waals surface area contributed by atoms with Gasteiger partial charge in [-0.15, -0.1) is 0 Å². The first-order chi connectivity index (χ1) is 18.6. The van der Waals surface area contributed by atoms with Crippen molar-refractivity contribution in [3.63, 3.8) is 0 Å². The van der Waals surface area contributed by atoms with Gasteiger partial charge in [0.1, 0.15) is 0 Å². The average molecular weight is 535 g/mol. The molecular weight excluding hydrogens is 472 g/mol. The number of carbonyl (C=O) groups is 2. The Kier molecular flexibility index (Phi) is 28.7. The first-order valence-electron chi connectivity index (χ1n) is 16.3. The molecule has 4 nitrogen and oxygen atoms in total. The van der Waals surface area contributed by atoms with Crippen molar-refractivity contribution in [2.75, 3.05) is 0 Å². The summed E-state index contributed by atoms with van der Waals surface area (Å²) in [6.07, 6.45) is 38.6. The third-order valence-electron chi connectivity index (χ3n) is 7.55. The normalized spacial score (nSPS) is 12.6. The second-order valence-electron chi connectivity index (χ2n) is 11.2. The summed E-state index contributed by atoms with van der Waals surface area (Å²) in [5.74, 6) is -1.43. The number of unbranched alkanes of at least 4 members (excludes halogenated alkanes) is 19. The molecule has 0 aliphatic rings. The van der Waals surface area contributed by atoms with Gasteiger partial charge in [-0.2, -0.15) is 0 Å². The number of rotatable bonds is 30. The first kappa shape index (κ1) is 36.4. The number of carboxylic acids is 2. The fraction of sp³-hybridized carbons (Fsp3) is 0.824. The summed E-state index contributed by atoms with van der Waals surface area (Å²) in [6, 6.07) is 0. The van der Waals surface area contributed by atoms with E-state index >= 15 is 0 Å². The fourth-order valence-electron chi connectivity index (χ4n) is 5.03. The molecule has 38 heavy (non-hydrogen) atoms. The molecule has 0 fully saturated rings. The van der Waals surface area contributed by atoms with Crippen molar-refractivity contribution in [2.45, 2.75) is 174 Å². The lowest BCUT2D eigenvalue weighted by Gasteiger charge is -2.12. The van der Waals surface area contributed by atoms with E-state index < -0.39 is 11.9 Å². The smallest absolute Gasteiger partial charge is 0.306 e. The van der Waals surface area contributed by atoms with E-state index in [1.165, 1.54) is 103 Å². The van der Waals surface area contributed by atoms with E-state index in [1.807, 2.05) is 0 Å². The molecule has 0 aromatic rings. The Bertz CT molecular complexity index is 581. The predicted molar refractivity (Wildman–Crippen MR) is 163 cm³/mol. The van der Waals surface area contributed by atoms with Gasteiger partial charge in [0.15, 0.2) is 0 Å². The van der Waals surface area contributed by atoms with Crippen molar-refractivity contribution < 1.29 is 19.8 Å². The zero-order valence-electron chi connectivity index (χ0n) is 25.0. The highest BCUT2D eigenvalue weighted by Crippen LogP contribution is 2.20. The summed E-state index contributed by atoms with van der Waals surface area (Å²) in [6.45, 7) is 2.24. The van der Waals surface area contributed by atoms with E-state index in [-0.39, 0.29) is 5.92 Å². The second-order valence-corrected chi connectivity index (χ2v) is 11.2. The summed E-state index contributed by atoms with van der Waals surface area (Å²) in [5.41, 5.74) is 0. The van der Waals surface area contributed by atoms with Crippen molar-refractivity contribution in [2.24, 2.45) is 5.92 Å². The summed E-state index contributed by atoms with van der Waals surface area (Å²) in [5, 5.41) is 18.2. The largest absolute Gasteiger partial charge is 0.481 e. The lowest BCUT2D eigenvalue weighted by molar-refractivity contribution is -0.142. The maximum Gasteiger partial charge on any atom is 0.306 e. The fourth-order valence-corrected chi connectivity index (χ4v) is 5.03. The third-order valence-corrected chi connectivity index (χ3v) is 7.55. The van der Waals surface area contributed by atoms with Crippen molar-refractivity contribution in [1.29, 1.82) is 0 Å². The van der Waals surface area contributed by atoms with Crippen LogP contribution in [-0.4, -0.2) is 22.2 Å². The molecular formula is C34H62O4. The number of hydrogen-bond donors (Lipinski definition) is 2. The molecule has 0 aromatic heterocycles. The van der Waals surface area contributed by atoms with Gasteiger partial charge in [-0.1, -0.05) is 140 Å². The van der Waals surface area contributed by atoms with Crippen LogP contribution in [0.15, 0.2) is 24.3 Å². The van der Waals surface area contributed by atoms with Gasteiger partial charge in [-0.05, 0) is 51.4 Å².